The second-order valence-electron chi connectivity index (χ2n) is 9.46. The molecule has 1 aliphatic heterocycles. The van der Waals surface area contributed by atoms with E-state index in [2.05, 4.69) is 15.6 Å². The summed E-state index contributed by atoms with van der Waals surface area (Å²) in [7, 11) is 0. The molecule has 1 fully saturated rings. The van der Waals surface area contributed by atoms with Gasteiger partial charge >= 0.3 is 6.03 Å². The summed E-state index contributed by atoms with van der Waals surface area (Å²) in [6.07, 6.45) is 2.65. The van der Waals surface area contributed by atoms with Gasteiger partial charge in [-0.25, -0.2) is 13.6 Å². The number of aryl methyl sites for hydroxylation is 1. The average Bonchev–Trinajstić information content (AvgIpc) is 3.40. The van der Waals surface area contributed by atoms with Gasteiger partial charge in [0.25, 0.3) is 5.91 Å². The number of urea groups is 1. The van der Waals surface area contributed by atoms with Crippen LogP contribution in [0.15, 0.2) is 42.6 Å². The molecule has 1 saturated carbocycles. The van der Waals surface area contributed by atoms with Gasteiger partial charge in [-0.3, -0.25) is 4.79 Å². The third kappa shape index (κ3) is 4.49. The zero-order valence-corrected chi connectivity index (χ0v) is 19.1. The van der Waals surface area contributed by atoms with Crippen molar-refractivity contribution < 1.29 is 18.4 Å². The number of anilines is 1. The van der Waals surface area contributed by atoms with Gasteiger partial charge in [0, 0.05) is 55.3 Å². The van der Waals surface area contributed by atoms with Crippen molar-refractivity contribution in [3.8, 4) is 0 Å². The number of hydrogen-bond acceptors (Lipinski definition) is 2. The summed E-state index contributed by atoms with van der Waals surface area (Å²) in [5.74, 6) is -2.83. The lowest BCUT2D eigenvalue weighted by molar-refractivity contribution is 0.00516. The van der Waals surface area contributed by atoms with Gasteiger partial charge in [0.05, 0.1) is 5.56 Å². The maximum atomic E-state index is 13.3. The lowest BCUT2D eigenvalue weighted by Gasteiger charge is -2.29. The number of H-pyrrole nitrogens is 1. The molecule has 6 nitrogen and oxygen atoms in total. The maximum absolute atomic E-state index is 13.3. The number of carbonyl (C=O) groups is 2. The van der Waals surface area contributed by atoms with Crippen molar-refractivity contribution in [2.45, 2.75) is 45.1 Å². The molecule has 2 aliphatic rings. The van der Waals surface area contributed by atoms with Crippen LogP contribution in [0.3, 0.4) is 0 Å². The summed E-state index contributed by atoms with van der Waals surface area (Å²) in [6, 6.07) is 11.2. The van der Waals surface area contributed by atoms with Gasteiger partial charge in [-0.2, -0.15) is 0 Å². The number of aromatic nitrogens is 1. The monoisotopic (exact) mass is 466 g/mol. The van der Waals surface area contributed by atoms with Crippen molar-refractivity contribution in [2.75, 3.05) is 18.4 Å². The van der Waals surface area contributed by atoms with Gasteiger partial charge in [0.2, 0.25) is 5.92 Å². The number of benzene rings is 2. The smallest absolute Gasteiger partial charge is 0.319 e. The molecule has 34 heavy (non-hydrogen) atoms. The van der Waals surface area contributed by atoms with Gasteiger partial charge in [0.1, 0.15) is 0 Å². The summed E-state index contributed by atoms with van der Waals surface area (Å²) in [4.78, 5) is 30.7. The molecule has 0 radical (unpaired) electrons. The second kappa shape index (κ2) is 8.74. The number of alkyl halides is 2. The van der Waals surface area contributed by atoms with Gasteiger partial charge in [-0.1, -0.05) is 18.2 Å². The number of amides is 3. The van der Waals surface area contributed by atoms with Gasteiger partial charge in [-0.15, -0.1) is 0 Å². The SMILES string of the molecule is Cc1cccc2[nH]cc(C(=O)N3CCc4ccc(NC(=O)NCC5CCC(F)(F)C5)cc4C3)c12. The summed E-state index contributed by atoms with van der Waals surface area (Å²) in [5, 5.41) is 6.45. The molecular formula is C26H28F2N4O2. The van der Waals surface area contributed by atoms with Crippen LogP contribution in [0, 0.1) is 12.8 Å². The van der Waals surface area contributed by atoms with E-state index in [1.165, 1.54) is 0 Å². The van der Waals surface area contributed by atoms with E-state index in [0.717, 1.165) is 34.0 Å². The first-order chi connectivity index (χ1) is 16.3. The zero-order valence-electron chi connectivity index (χ0n) is 19.1. The number of carbonyl (C=O) groups excluding carboxylic acids is 2. The zero-order chi connectivity index (χ0) is 23.9. The van der Waals surface area contributed by atoms with Crippen LogP contribution in [0.5, 0.6) is 0 Å². The quantitative estimate of drug-likeness (QED) is 0.492. The standard InChI is InChI=1S/C26H28F2N4O2/c1-16-3-2-4-22-23(16)21(14-29-22)24(33)32-10-8-18-5-6-20(11-19(18)15-32)31-25(34)30-13-17-7-9-26(27,28)12-17/h2-6,11,14,17,29H,7-10,12-13,15H2,1H3,(H2,30,31,34). The molecule has 178 valence electrons. The molecule has 2 aromatic carbocycles. The van der Waals surface area contributed by atoms with Crippen molar-refractivity contribution in [2.24, 2.45) is 5.92 Å². The number of halogens is 2. The second-order valence-corrected chi connectivity index (χ2v) is 9.46. The fraction of sp³-hybridized carbons (Fsp3) is 0.385. The molecule has 1 aromatic heterocycles. The highest BCUT2D eigenvalue weighted by atomic mass is 19.3. The summed E-state index contributed by atoms with van der Waals surface area (Å²) in [6.45, 7) is 3.32. The molecule has 8 heteroatoms. The summed E-state index contributed by atoms with van der Waals surface area (Å²) >= 11 is 0. The molecule has 3 N–H and O–H groups in total. The Balaban J connectivity index is 1.24. The van der Waals surface area contributed by atoms with Crippen LogP contribution in [-0.2, 0) is 13.0 Å². The van der Waals surface area contributed by atoms with Crippen molar-refractivity contribution >= 4 is 28.5 Å². The van der Waals surface area contributed by atoms with Gasteiger partial charge in [0.15, 0.2) is 0 Å². The van der Waals surface area contributed by atoms with Crippen LogP contribution in [-0.4, -0.2) is 40.8 Å². The molecule has 1 aliphatic carbocycles. The minimum atomic E-state index is -2.62. The van der Waals surface area contributed by atoms with Crippen LogP contribution in [0.25, 0.3) is 10.9 Å². The van der Waals surface area contributed by atoms with E-state index < -0.39 is 12.0 Å². The normalized spacial score (nSPS) is 19.1. The number of aromatic amines is 1. The van der Waals surface area contributed by atoms with Crippen LogP contribution >= 0.6 is 0 Å². The van der Waals surface area contributed by atoms with Crippen LogP contribution < -0.4 is 10.6 Å². The minimum Gasteiger partial charge on any atom is -0.360 e. The van der Waals surface area contributed by atoms with E-state index in [1.54, 1.807) is 6.20 Å². The Morgan fingerprint density at radius 2 is 2.06 bits per heavy atom. The predicted octanol–water partition coefficient (Wildman–Crippen LogP) is 5.23. The minimum absolute atomic E-state index is 0.0179. The van der Waals surface area contributed by atoms with Gasteiger partial charge in [-0.05, 0) is 60.6 Å². The molecule has 2 heterocycles. The lowest BCUT2D eigenvalue weighted by Crippen LogP contribution is -2.36. The first-order valence-corrected chi connectivity index (χ1v) is 11.7. The summed E-state index contributed by atoms with van der Waals surface area (Å²) in [5.41, 5.74) is 5.42. The fourth-order valence-corrected chi connectivity index (χ4v) is 5.14. The maximum Gasteiger partial charge on any atom is 0.319 e. The van der Waals surface area contributed by atoms with E-state index in [4.69, 9.17) is 0 Å². The first kappa shape index (κ1) is 22.4. The fourth-order valence-electron chi connectivity index (χ4n) is 5.14. The average molecular weight is 467 g/mol. The molecule has 0 saturated heterocycles. The molecule has 0 bridgehead atoms. The Labute approximate surface area is 196 Å². The Bertz CT molecular complexity index is 1250. The van der Waals surface area contributed by atoms with E-state index in [-0.39, 0.29) is 31.2 Å². The van der Waals surface area contributed by atoms with E-state index in [1.807, 2.05) is 48.2 Å². The highest BCUT2D eigenvalue weighted by Crippen LogP contribution is 2.38. The lowest BCUT2D eigenvalue weighted by atomic mass is 9.98. The molecule has 1 atom stereocenters. The Kier molecular flexibility index (Phi) is 5.75. The topological polar surface area (TPSA) is 77.2 Å². The molecule has 5 rings (SSSR count). The van der Waals surface area contributed by atoms with Crippen molar-refractivity contribution in [3.05, 3.63) is 64.8 Å². The van der Waals surface area contributed by atoms with E-state index in [0.29, 0.717) is 30.8 Å². The number of rotatable bonds is 4. The van der Waals surface area contributed by atoms with Crippen molar-refractivity contribution in [3.63, 3.8) is 0 Å². The van der Waals surface area contributed by atoms with Crippen LogP contribution in [0.4, 0.5) is 19.3 Å². The van der Waals surface area contributed by atoms with E-state index >= 15 is 0 Å². The Morgan fingerprint density at radius 3 is 2.85 bits per heavy atom. The Morgan fingerprint density at radius 1 is 1.21 bits per heavy atom. The van der Waals surface area contributed by atoms with Gasteiger partial charge < -0.3 is 20.5 Å². The number of hydrogen-bond donors (Lipinski definition) is 3. The van der Waals surface area contributed by atoms with E-state index in [9.17, 15) is 18.4 Å². The third-order valence-electron chi connectivity index (χ3n) is 6.97. The molecule has 3 amide bonds. The van der Waals surface area contributed by atoms with Crippen molar-refractivity contribution in [1.29, 1.82) is 0 Å². The molecule has 1 unspecified atom stereocenters. The Hall–Kier alpha value is -3.42. The number of nitrogens with one attached hydrogen (secondary N) is 3. The first-order valence-electron chi connectivity index (χ1n) is 11.7. The van der Waals surface area contributed by atoms with Crippen LogP contribution in [0.1, 0.15) is 46.3 Å². The van der Waals surface area contributed by atoms with Crippen molar-refractivity contribution in [1.82, 2.24) is 15.2 Å². The highest BCUT2D eigenvalue weighted by Gasteiger charge is 2.39. The van der Waals surface area contributed by atoms with Crippen LogP contribution in [0.2, 0.25) is 0 Å². The highest BCUT2D eigenvalue weighted by molar-refractivity contribution is 6.08. The number of nitrogens with zero attached hydrogens (tertiary/aromatic N) is 1. The molecule has 3 aromatic rings. The summed E-state index contributed by atoms with van der Waals surface area (Å²) < 4.78 is 26.7. The molecule has 0 spiro atoms. The largest absolute Gasteiger partial charge is 0.360 e. The predicted molar refractivity (Wildman–Crippen MR) is 127 cm³/mol. The molecular weight excluding hydrogens is 438 g/mol. The number of fused-ring (bicyclic) bond motifs is 2. The third-order valence-corrected chi connectivity index (χ3v) is 6.97.